The van der Waals surface area contributed by atoms with E-state index in [0.717, 1.165) is 39.1 Å². The number of carbonyl (C=O) groups is 2. The summed E-state index contributed by atoms with van der Waals surface area (Å²) in [6.45, 7) is 5.76. The van der Waals surface area contributed by atoms with Gasteiger partial charge in [0.15, 0.2) is 5.76 Å². The summed E-state index contributed by atoms with van der Waals surface area (Å²) in [5, 5.41) is 11.3. The molecule has 0 radical (unpaired) electrons. The fourth-order valence-electron chi connectivity index (χ4n) is 2.69. The fraction of sp³-hybridized carbons (Fsp3) is 0.412. The Kier molecular flexibility index (Phi) is 6.21. The Bertz CT molecular complexity index is 693. The quantitative estimate of drug-likeness (QED) is 0.652. The van der Waals surface area contributed by atoms with E-state index in [1.165, 1.54) is 17.6 Å². The van der Waals surface area contributed by atoms with Crippen LogP contribution >= 0.6 is 11.3 Å². The molecule has 0 bridgehead atoms. The molecule has 25 heavy (non-hydrogen) atoms. The van der Waals surface area contributed by atoms with Crippen molar-refractivity contribution in [1.82, 2.24) is 15.5 Å². The summed E-state index contributed by atoms with van der Waals surface area (Å²) in [7, 11) is 0. The highest BCUT2D eigenvalue weighted by molar-refractivity contribution is 7.14. The lowest BCUT2D eigenvalue weighted by Gasteiger charge is -2.27. The van der Waals surface area contributed by atoms with Crippen LogP contribution in [0.1, 0.15) is 27.3 Å². The molecule has 3 heterocycles. The van der Waals surface area contributed by atoms with E-state index in [9.17, 15) is 9.59 Å². The highest BCUT2D eigenvalue weighted by Crippen LogP contribution is 2.24. The predicted molar refractivity (Wildman–Crippen MR) is 97.2 cm³/mol. The zero-order chi connectivity index (χ0) is 17.5. The van der Waals surface area contributed by atoms with Crippen LogP contribution in [0.4, 0.5) is 5.00 Å². The third-order valence-corrected chi connectivity index (χ3v) is 4.86. The van der Waals surface area contributed by atoms with Gasteiger partial charge in [0.05, 0.1) is 11.8 Å². The Morgan fingerprint density at radius 1 is 1.24 bits per heavy atom. The third-order valence-electron chi connectivity index (χ3n) is 4.03. The van der Waals surface area contributed by atoms with Crippen LogP contribution in [-0.4, -0.2) is 56.0 Å². The van der Waals surface area contributed by atoms with Gasteiger partial charge in [-0.2, -0.15) is 0 Å². The number of nitrogens with zero attached hydrogens (tertiary/aromatic N) is 1. The molecule has 3 rings (SSSR count). The molecule has 1 saturated heterocycles. The van der Waals surface area contributed by atoms with Crippen LogP contribution in [0.15, 0.2) is 34.3 Å². The third kappa shape index (κ3) is 4.91. The lowest BCUT2D eigenvalue weighted by molar-refractivity contribution is 0.0952. The molecule has 2 amide bonds. The van der Waals surface area contributed by atoms with Gasteiger partial charge >= 0.3 is 0 Å². The second kappa shape index (κ2) is 8.80. The summed E-state index contributed by atoms with van der Waals surface area (Å²) < 4.78 is 5.06. The molecule has 134 valence electrons. The van der Waals surface area contributed by atoms with Gasteiger partial charge in [-0.1, -0.05) is 0 Å². The van der Waals surface area contributed by atoms with Gasteiger partial charge in [0, 0.05) is 32.7 Å². The molecule has 2 aromatic heterocycles. The lowest BCUT2D eigenvalue weighted by atomic mass is 10.2. The van der Waals surface area contributed by atoms with E-state index in [2.05, 4.69) is 20.9 Å². The second-order valence-electron chi connectivity index (χ2n) is 5.80. The Morgan fingerprint density at radius 2 is 2.08 bits per heavy atom. The summed E-state index contributed by atoms with van der Waals surface area (Å²) >= 11 is 1.32. The molecule has 3 N–H and O–H groups in total. The van der Waals surface area contributed by atoms with Crippen LogP contribution in [0.3, 0.4) is 0 Å². The van der Waals surface area contributed by atoms with Crippen molar-refractivity contribution in [2.24, 2.45) is 0 Å². The number of piperazine rings is 1. The second-order valence-corrected chi connectivity index (χ2v) is 6.71. The predicted octanol–water partition coefficient (Wildman–Crippen LogP) is 1.62. The van der Waals surface area contributed by atoms with Crippen LogP contribution in [-0.2, 0) is 0 Å². The Balaban J connectivity index is 1.46. The van der Waals surface area contributed by atoms with Crippen molar-refractivity contribution in [1.29, 1.82) is 0 Å². The molecular weight excluding hydrogens is 340 g/mol. The maximum atomic E-state index is 12.3. The molecule has 1 aliphatic heterocycles. The van der Waals surface area contributed by atoms with Gasteiger partial charge in [-0.15, -0.1) is 11.3 Å². The summed E-state index contributed by atoms with van der Waals surface area (Å²) in [4.78, 5) is 26.8. The van der Waals surface area contributed by atoms with Crippen LogP contribution < -0.4 is 16.0 Å². The van der Waals surface area contributed by atoms with E-state index in [0.29, 0.717) is 17.1 Å². The molecule has 0 atom stereocenters. The van der Waals surface area contributed by atoms with E-state index in [1.54, 1.807) is 23.6 Å². The number of furan rings is 1. The van der Waals surface area contributed by atoms with E-state index in [1.807, 2.05) is 0 Å². The molecule has 0 unspecified atom stereocenters. The van der Waals surface area contributed by atoms with Crippen molar-refractivity contribution in [3.8, 4) is 0 Å². The molecule has 8 heteroatoms. The number of nitrogens with one attached hydrogen (secondary N) is 3. The van der Waals surface area contributed by atoms with Gasteiger partial charge in [-0.05, 0) is 36.5 Å². The van der Waals surface area contributed by atoms with E-state index < -0.39 is 0 Å². The standard InChI is InChI=1S/C17H22N4O3S/c22-15(19-5-2-8-21-9-6-18-7-10-21)13-4-12-25-17(13)20-16(23)14-3-1-11-24-14/h1,3-4,11-12,18H,2,5-10H2,(H,19,22)(H,20,23). The first-order chi connectivity index (χ1) is 12.2. The van der Waals surface area contributed by atoms with Crippen molar-refractivity contribution in [3.63, 3.8) is 0 Å². The first kappa shape index (κ1) is 17.7. The highest BCUT2D eigenvalue weighted by Gasteiger charge is 2.17. The van der Waals surface area contributed by atoms with Crippen molar-refractivity contribution in [2.75, 3.05) is 44.6 Å². The molecule has 1 aliphatic rings. The molecule has 0 aromatic carbocycles. The number of hydrogen-bond donors (Lipinski definition) is 3. The minimum absolute atomic E-state index is 0.170. The number of hydrogen-bond acceptors (Lipinski definition) is 6. The van der Waals surface area contributed by atoms with E-state index >= 15 is 0 Å². The molecule has 2 aromatic rings. The summed E-state index contributed by atoms with van der Waals surface area (Å²) in [5.41, 5.74) is 0.479. The van der Waals surface area contributed by atoms with Crippen molar-refractivity contribution in [3.05, 3.63) is 41.2 Å². The van der Waals surface area contributed by atoms with Crippen molar-refractivity contribution < 1.29 is 14.0 Å². The Hall–Kier alpha value is -2.16. The Morgan fingerprint density at radius 3 is 2.84 bits per heavy atom. The van der Waals surface area contributed by atoms with Gasteiger partial charge in [-0.3, -0.25) is 9.59 Å². The largest absolute Gasteiger partial charge is 0.459 e. The lowest BCUT2D eigenvalue weighted by Crippen LogP contribution is -2.44. The van der Waals surface area contributed by atoms with Gasteiger partial charge in [0.1, 0.15) is 5.00 Å². The van der Waals surface area contributed by atoms with Gasteiger partial charge in [0.25, 0.3) is 11.8 Å². The summed E-state index contributed by atoms with van der Waals surface area (Å²) in [6.07, 6.45) is 2.35. The van der Waals surface area contributed by atoms with Crippen LogP contribution in [0.2, 0.25) is 0 Å². The monoisotopic (exact) mass is 362 g/mol. The topological polar surface area (TPSA) is 86.6 Å². The van der Waals surface area contributed by atoms with Crippen LogP contribution in [0.5, 0.6) is 0 Å². The van der Waals surface area contributed by atoms with Gasteiger partial charge in [0.2, 0.25) is 0 Å². The van der Waals surface area contributed by atoms with Crippen LogP contribution in [0.25, 0.3) is 0 Å². The summed E-state index contributed by atoms with van der Waals surface area (Å²) in [5.74, 6) is -0.313. The maximum Gasteiger partial charge on any atom is 0.291 e. The molecule has 0 aliphatic carbocycles. The molecule has 1 fully saturated rings. The fourth-order valence-corrected chi connectivity index (χ4v) is 3.47. The maximum absolute atomic E-state index is 12.3. The van der Waals surface area contributed by atoms with Crippen LogP contribution in [0, 0.1) is 0 Å². The molecule has 0 saturated carbocycles. The number of thiophene rings is 1. The Labute approximate surface area is 150 Å². The van der Waals surface area contributed by atoms with E-state index in [-0.39, 0.29) is 17.6 Å². The SMILES string of the molecule is O=C(Nc1sccc1C(=O)NCCCN1CCNCC1)c1ccco1. The zero-order valence-corrected chi connectivity index (χ0v) is 14.7. The normalized spacial score (nSPS) is 15.0. The minimum Gasteiger partial charge on any atom is -0.459 e. The smallest absolute Gasteiger partial charge is 0.291 e. The highest BCUT2D eigenvalue weighted by atomic mass is 32.1. The molecule has 7 nitrogen and oxygen atoms in total. The number of anilines is 1. The summed E-state index contributed by atoms with van der Waals surface area (Å²) in [6, 6.07) is 4.95. The van der Waals surface area contributed by atoms with Crippen molar-refractivity contribution in [2.45, 2.75) is 6.42 Å². The first-order valence-electron chi connectivity index (χ1n) is 8.37. The first-order valence-corrected chi connectivity index (χ1v) is 9.25. The average molecular weight is 362 g/mol. The van der Waals surface area contributed by atoms with Gasteiger partial charge < -0.3 is 25.3 Å². The average Bonchev–Trinajstić information content (AvgIpc) is 3.31. The zero-order valence-electron chi connectivity index (χ0n) is 13.9. The molecular formula is C17H22N4O3S. The molecule has 0 spiro atoms. The van der Waals surface area contributed by atoms with Crippen molar-refractivity contribution >= 4 is 28.2 Å². The van der Waals surface area contributed by atoms with Gasteiger partial charge in [-0.25, -0.2) is 0 Å². The number of amides is 2. The van der Waals surface area contributed by atoms with E-state index in [4.69, 9.17) is 4.42 Å². The number of rotatable bonds is 7. The minimum atomic E-state index is -0.361. The number of carbonyl (C=O) groups excluding carboxylic acids is 2.